The largest absolute Gasteiger partial charge is 0.481 e. The Morgan fingerprint density at radius 1 is 1.26 bits per heavy atom. The zero-order chi connectivity index (χ0) is 13.8. The molecule has 19 heavy (non-hydrogen) atoms. The van der Waals surface area contributed by atoms with Gasteiger partial charge in [-0.25, -0.2) is 0 Å². The van der Waals surface area contributed by atoms with Crippen LogP contribution in [0.25, 0.3) is 0 Å². The average molecular weight is 269 g/mol. The van der Waals surface area contributed by atoms with Crippen molar-refractivity contribution in [3.8, 4) is 0 Å². The van der Waals surface area contributed by atoms with Gasteiger partial charge >= 0.3 is 5.97 Å². The lowest BCUT2D eigenvalue weighted by Gasteiger charge is -2.18. The second kappa shape index (κ2) is 6.37. The molecule has 0 aromatic heterocycles. The molecule has 1 heterocycles. The summed E-state index contributed by atoms with van der Waals surface area (Å²) in [6, 6.07) is 0. The summed E-state index contributed by atoms with van der Waals surface area (Å²) < 4.78 is 5.59. The highest BCUT2D eigenvalue weighted by molar-refractivity contribution is 5.80. The molecule has 2 fully saturated rings. The SMILES string of the molecule is CCC1OCCC1CNC(=O)[C@@H]1CC[C@H](C(=O)O)C1. The summed E-state index contributed by atoms with van der Waals surface area (Å²) in [6.07, 6.45) is 4.04. The molecule has 2 rings (SSSR count). The van der Waals surface area contributed by atoms with Crippen LogP contribution in [-0.2, 0) is 14.3 Å². The molecule has 0 aromatic rings. The van der Waals surface area contributed by atoms with Crippen LogP contribution in [0.3, 0.4) is 0 Å². The summed E-state index contributed by atoms with van der Waals surface area (Å²) in [4.78, 5) is 22.9. The first-order chi connectivity index (χ1) is 9.11. The minimum absolute atomic E-state index is 0.0190. The van der Waals surface area contributed by atoms with Crippen molar-refractivity contribution in [3.63, 3.8) is 0 Å². The Bertz CT molecular complexity index is 344. The van der Waals surface area contributed by atoms with Crippen LogP contribution in [0.15, 0.2) is 0 Å². The average Bonchev–Trinajstić information content (AvgIpc) is 3.04. The summed E-state index contributed by atoms with van der Waals surface area (Å²) in [5.41, 5.74) is 0. The zero-order valence-electron chi connectivity index (χ0n) is 11.4. The quantitative estimate of drug-likeness (QED) is 0.791. The highest BCUT2D eigenvalue weighted by atomic mass is 16.5. The maximum Gasteiger partial charge on any atom is 0.306 e. The zero-order valence-corrected chi connectivity index (χ0v) is 11.4. The molecule has 1 aliphatic heterocycles. The molecule has 2 N–H and O–H groups in total. The van der Waals surface area contributed by atoms with E-state index in [9.17, 15) is 9.59 Å². The Morgan fingerprint density at radius 3 is 2.63 bits per heavy atom. The van der Waals surface area contributed by atoms with E-state index in [0.29, 0.717) is 31.7 Å². The molecule has 108 valence electrons. The van der Waals surface area contributed by atoms with Gasteiger partial charge in [0.05, 0.1) is 12.0 Å². The Labute approximate surface area is 113 Å². The minimum atomic E-state index is -0.773. The molecule has 0 bridgehead atoms. The van der Waals surface area contributed by atoms with E-state index < -0.39 is 5.97 Å². The Hall–Kier alpha value is -1.10. The smallest absolute Gasteiger partial charge is 0.306 e. The molecule has 5 heteroatoms. The fourth-order valence-electron chi connectivity index (χ4n) is 3.20. The Kier molecular flexibility index (Phi) is 4.80. The standard InChI is InChI=1S/C14H23NO4/c1-2-12-11(5-6-19-12)8-15-13(16)9-3-4-10(7-9)14(17)18/h9-12H,2-8H2,1H3,(H,15,16)(H,17,18)/t9-,10+,11?,12?/m1/s1. The summed E-state index contributed by atoms with van der Waals surface area (Å²) in [5.74, 6) is -0.806. The number of carbonyl (C=O) groups is 2. The molecular formula is C14H23NO4. The van der Waals surface area contributed by atoms with Gasteiger partial charge in [-0.3, -0.25) is 9.59 Å². The normalized spacial score (nSPS) is 34.4. The lowest BCUT2D eigenvalue weighted by Crippen LogP contribution is -2.36. The van der Waals surface area contributed by atoms with Gasteiger partial charge in [-0.2, -0.15) is 0 Å². The van der Waals surface area contributed by atoms with Crippen molar-refractivity contribution in [2.75, 3.05) is 13.2 Å². The van der Waals surface area contributed by atoms with Crippen LogP contribution in [0.5, 0.6) is 0 Å². The number of carboxylic acids is 1. The van der Waals surface area contributed by atoms with Gasteiger partial charge in [0.15, 0.2) is 0 Å². The molecular weight excluding hydrogens is 246 g/mol. The molecule has 5 nitrogen and oxygen atoms in total. The van der Waals surface area contributed by atoms with Gasteiger partial charge < -0.3 is 15.2 Å². The van der Waals surface area contributed by atoms with E-state index in [1.165, 1.54) is 0 Å². The van der Waals surface area contributed by atoms with E-state index in [1.54, 1.807) is 0 Å². The predicted octanol–water partition coefficient (Wildman–Crippen LogP) is 1.42. The van der Waals surface area contributed by atoms with Crippen molar-refractivity contribution in [1.29, 1.82) is 0 Å². The van der Waals surface area contributed by atoms with E-state index in [4.69, 9.17) is 9.84 Å². The molecule has 4 atom stereocenters. The van der Waals surface area contributed by atoms with Gasteiger partial charge in [0, 0.05) is 25.0 Å². The van der Waals surface area contributed by atoms with E-state index in [1.807, 2.05) is 0 Å². The molecule has 1 amide bonds. The number of nitrogens with one attached hydrogen (secondary N) is 1. The van der Waals surface area contributed by atoms with Crippen LogP contribution in [0.4, 0.5) is 0 Å². The number of ether oxygens (including phenoxy) is 1. The summed E-state index contributed by atoms with van der Waals surface area (Å²) in [5, 5.41) is 11.9. The molecule has 2 unspecified atom stereocenters. The van der Waals surface area contributed by atoms with Crippen molar-refractivity contribution in [1.82, 2.24) is 5.32 Å². The maximum absolute atomic E-state index is 12.0. The molecule has 1 saturated carbocycles. The second-order valence-corrected chi connectivity index (χ2v) is 5.66. The van der Waals surface area contributed by atoms with Gasteiger partial charge in [0.1, 0.15) is 0 Å². The number of aliphatic carboxylic acids is 1. The van der Waals surface area contributed by atoms with Crippen molar-refractivity contribution in [2.45, 2.75) is 45.1 Å². The highest BCUT2D eigenvalue weighted by Crippen LogP contribution is 2.31. The van der Waals surface area contributed by atoms with Crippen LogP contribution in [0, 0.1) is 17.8 Å². The Morgan fingerprint density at radius 2 is 2.00 bits per heavy atom. The number of hydrogen-bond acceptors (Lipinski definition) is 3. The third-order valence-electron chi connectivity index (χ3n) is 4.44. The third-order valence-corrected chi connectivity index (χ3v) is 4.44. The number of rotatable bonds is 5. The first kappa shape index (κ1) is 14.3. The summed E-state index contributed by atoms with van der Waals surface area (Å²) >= 11 is 0. The van der Waals surface area contributed by atoms with Gasteiger partial charge in [-0.1, -0.05) is 6.92 Å². The topological polar surface area (TPSA) is 75.6 Å². The van der Waals surface area contributed by atoms with Crippen LogP contribution in [0.2, 0.25) is 0 Å². The maximum atomic E-state index is 12.0. The number of carbonyl (C=O) groups excluding carboxylic acids is 1. The van der Waals surface area contributed by atoms with Gasteiger partial charge in [0.2, 0.25) is 5.91 Å². The first-order valence-corrected chi connectivity index (χ1v) is 7.24. The fraction of sp³-hybridized carbons (Fsp3) is 0.857. The van der Waals surface area contributed by atoms with Crippen molar-refractivity contribution in [2.24, 2.45) is 17.8 Å². The van der Waals surface area contributed by atoms with E-state index in [0.717, 1.165) is 19.4 Å². The van der Waals surface area contributed by atoms with Crippen molar-refractivity contribution < 1.29 is 19.4 Å². The van der Waals surface area contributed by atoms with Crippen molar-refractivity contribution in [3.05, 3.63) is 0 Å². The number of carboxylic acid groups (broad SMARTS) is 1. The molecule has 0 radical (unpaired) electrons. The lowest BCUT2D eigenvalue weighted by molar-refractivity contribution is -0.141. The van der Waals surface area contributed by atoms with Crippen LogP contribution >= 0.6 is 0 Å². The van der Waals surface area contributed by atoms with E-state index in [-0.39, 0.29) is 23.8 Å². The van der Waals surface area contributed by atoms with E-state index in [2.05, 4.69) is 12.2 Å². The number of hydrogen-bond donors (Lipinski definition) is 2. The molecule has 1 aliphatic carbocycles. The van der Waals surface area contributed by atoms with Crippen LogP contribution in [-0.4, -0.2) is 36.2 Å². The first-order valence-electron chi connectivity index (χ1n) is 7.24. The monoisotopic (exact) mass is 269 g/mol. The molecule has 2 aliphatic rings. The van der Waals surface area contributed by atoms with E-state index >= 15 is 0 Å². The molecule has 0 spiro atoms. The highest BCUT2D eigenvalue weighted by Gasteiger charge is 2.34. The molecule has 1 saturated heterocycles. The van der Waals surface area contributed by atoms with Gasteiger partial charge in [-0.15, -0.1) is 0 Å². The number of amides is 1. The Balaban J connectivity index is 1.74. The van der Waals surface area contributed by atoms with Gasteiger partial charge in [0.25, 0.3) is 0 Å². The van der Waals surface area contributed by atoms with Crippen LogP contribution in [0.1, 0.15) is 39.0 Å². The third kappa shape index (κ3) is 3.47. The minimum Gasteiger partial charge on any atom is -0.481 e. The van der Waals surface area contributed by atoms with Crippen molar-refractivity contribution >= 4 is 11.9 Å². The van der Waals surface area contributed by atoms with Gasteiger partial charge in [-0.05, 0) is 32.1 Å². The second-order valence-electron chi connectivity index (χ2n) is 5.66. The molecule has 0 aromatic carbocycles. The summed E-state index contributed by atoms with van der Waals surface area (Å²) in [6.45, 7) is 3.54. The predicted molar refractivity (Wildman–Crippen MR) is 69.6 cm³/mol. The lowest BCUT2D eigenvalue weighted by atomic mass is 9.99. The van der Waals surface area contributed by atoms with Crippen LogP contribution < -0.4 is 5.32 Å². The fourth-order valence-corrected chi connectivity index (χ4v) is 3.20. The summed E-state index contributed by atoms with van der Waals surface area (Å²) in [7, 11) is 0.